The van der Waals surface area contributed by atoms with Gasteiger partial charge < -0.3 is 4.30 Å². The molecule has 1 N–H and O–H groups in total. The molecule has 0 aliphatic rings. The molecule has 0 saturated heterocycles. The van der Waals surface area contributed by atoms with Crippen LogP contribution in [0.1, 0.15) is 27.7 Å². The Bertz CT molecular complexity index is 67.5. The second-order valence-electron chi connectivity index (χ2n) is 2.83. The summed E-state index contributed by atoms with van der Waals surface area (Å²) in [5, 5.41) is 2.77. The highest BCUT2D eigenvalue weighted by Crippen LogP contribution is 1.94. The normalized spacial score (nSPS) is 8.45. The fourth-order valence-corrected chi connectivity index (χ4v) is 2.99. The summed E-state index contributed by atoms with van der Waals surface area (Å²) in [5.41, 5.74) is 0. The summed E-state index contributed by atoms with van der Waals surface area (Å²) in [4.78, 5) is 0. The molecule has 0 fully saturated rings. The molecule has 0 aliphatic carbocycles. The van der Waals surface area contributed by atoms with Crippen LogP contribution in [0, 0.1) is 0 Å². The van der Waals surface area contributed by atoms with Gasteiger partial charge in [-0.1, -0.05) is 38.3 Å². The van der Waals surface area contributed by atoms with E-state index < -0.39 is 14.4 Å². The largest absolute Gasteiger partial charge is 0.396 e. The Morgan fingerprint density at radius 2 is 1.45 bits per heavy atom. The van der Waals surface area contributed by atoms with Crippen LogP contribution in [0.4, 0.5) is 0 Å². The highest BCUT2D eigenvalue weighted by molar-refractivity contribution is 6.55. The Morgan fingerprint density at radius 1 is 1.09 bits per heavy atom. The summed E-state index contributed by atoms with van der Waals surface area (Å²) in [6.45, 7) is 9.03. The summed E-state index contributed by atoms with van der Waals surface area (Å²) in [5.74, 6) is 0. The van der Waals surface area contributed by atoms with Gasteiger partial charge in [-0.05, 0) is 6.04 Å². The molecule has 0 spiro atoms. The van der Waals surface area contributed by atoms with E-state index in [2.05, 4.69) is 32.0 Å². The Kier molecular flexibility index (Phi) is 18.1. The van der Waals surface area contributed by atoms with Crippen molar-refractivity contribution in [2.24, 2.45) is 0 Å². The minimum Gasteiger partial charge on any atom is -0.396 e. The minimum atomic E-state index is -0.500. The van der Waals surface area contributed by atoms with Gasteiger partial charge in [0.1, 0.15) is 0 Å². The second kappa shape index (κ2) is 11.1. The zero-order valence-electron chi connectivity index (χ0n) is 7.89. The fraction of sp³-hybridized carbons (Fsp3) is 1.00. The molecule has 0 atom stereocenters. The summed E-state index contributed by atoms with van der Waals surface area (Å²) >= 11 is -0.500. The first-order valence-corrected chi connectivity index (χ1v) is 6.17. The van der Waals surface area contributed by atoms with E-state index in [4.69, 9.17) is 0 Å². The van der Waals surface area contributed by atoms with E-state index in [0.29, 0.717) is 6.04 Å². The van der Waals surface area contributed by atoms with Crippen LogP contribution in [0.5, 0.6) is 0 Å². The zero-order valence-corrected chi connectivity index (χ0v) is 10.7. The maximum atomic E-state index is 3.62. The monoisotopic (exact) mass is 215 g/mol. The third-order valence-electron chi connectivity index (χ3n) is 1.55. The predicted molar refractivity (Wildman–Crippen MR) is 59.5 cm³/mol. The van der Waals surface area contributed by atoms with Crippen molar-refractivity contribution < 1.29 is 0 Å². The molecule has 0 aliphatic heterocycles. The molecule has 1 nitrogen and oxygen atoms in total. The fourth-order valence-electron chi connectivity index (χ4n) is 0.996. The number of rotatable bonds is 4. The van der Waals surface area contributed by atoms with E-state index in [0.717, 1.165) is 0 Å². The third kappa shape index (κ3) is 11.1. The van der Waals surface area contributed by atoms with Crippen molar-refractivity contribution in [3.8, 4) is 0 Å². The van der Waals surface area contributed by atoms with Crippen LogP contribution in [0.25, 0.3) is 0 Å². The average Bonchev–Trinajstić information content (AvgIpc) is 1.82. The van der Waals surface area contributed by atoms with Crippen LogP contribution in [0.2, 0.25) is 10.6 Å². The van der Waals surface area contributed by atoms with Gasteiger partial charge in [-0.25, -0.2) is 0 Å². The Hall–Kier alpha value is 1.07. The Labute approximate surface area is 87.8 Å². The quantitative estimate of drug-likeness (QED) is 0.712. The van der Waals surface area contributed by atoms with Crippen LogP contribution in [0.3, 0.4) is 0 Å². The van der Waals surface area contributed by atoms with E-state index >= 15 is 0 Å². The highest BCUT2D eigenvalue weighted by atomic mass is 35.5. The highest BCUT2D eigenvalue weighted by Gasteiger charge is 2.12. The number of nitrogens with one attached hydrogen (secondary N) is 1. The molecule has 4 heteroatoms. The van der Waals surface area contributed by atoms with Crippen molar-refractivity contribution in [1.29, 1.82) is 0 Å². The Balaban J connectivity index is -0.000000320. The van der Waals surface area contributed by atoms with E-state index in [9.17, 15) is 0 Å². The molecule has 0 unspecified atom stereocenters. The van der Waals surface area contributed by atoms with Crippen molar-refractivity contribution in [2.75, 3.05) is 0 Å². The standard InChI is InChI=1S/C3H8N.2C2H5.Al.2ClH/c1-3(2)4;2*1-2;;;/h3-4H,1-2H3;2*1H2,2H3;;2*1H/q-1;;;+1;;. The average molecular weight is 216 g/mol. The maximum absolute atomic E-state index is 3.62. The molecule has 11 heavy (non-hydrogen) atoms. The van der Waals surface area contributed by atoms with Gasteiger partial charge in [0.25, 0.3) is 0 Å². The molecular formula is C7H20AlCl2N. The zero-order chi connectivity index (χ0) is 7.28. The van der Waals surface area contributed by atoms with Crippen LogP contribution in [-0.2, 0) is 0 Å². The lowest BCUT2D eigenvalue weighted by Gasteiger charge is -2.12. The number of halogens is 2. The summed E-state index contributed by atoms with van der Waals surface area (Å²) in [6, 6.07) is 0.696. The molecule has 0 aromatic carbocycles. The first kappa shape index (κ1) is 18.0. The van der Waals surface area contributed by atoms with E-state index in [1.165, 1.54) is 10.6 Å². The summed E-state index contributed by atoms with van der Waals surface area (Å²) in [6.07, 6.45) is 0. The molecule has 0 heterocycles. The van der Waals surface area contributed by atoms with Gasteiger partial charge in [-0.3, -0.25) is 0 Å². The van der Waals surface area contributed by atoms with Gasteiger partial charge in [-0.15, -0.1) is 24.8 Å². The smallest absolute Gasteiger partial charge is 0.369 e. The van der Waals surface area contributed by atoms with Crippen molar-refractivity contribution in [3.05, 3.63) is 0 Å². The Morgan fingerprint density at radius 3 is 1.55 bits per heavy atom. The third-order valence-corrected chi connectivity index (χ3v) is 4.66. The van der Waals surface area contributed by atoms with Gasteiger partial charge in [-0.2, -0.15) is 0 Å². The number of hydrogen-bond acceptors (Lipinski definition) is 1. The molecule has 70 valence electrons. The SMILES string of the molecule is C[CH2][Al]([CH2]C)[NH]C(C)C.Cl.Cl. The van der Waals surface area contributed by atoms with Gasteiger partial charge in [0.2, 0.25) is 0 Å². The lowest BCUT2D eigenvalue weighted by molar-refractivity contribution is 0.737. The molecule has 0 aromatic heterocycles. The van der Waals surface area contributed by atoms with Crippen molar-refractivity contribution in [3.63, 3.8) is 0 Å². The van der Waals surface area contributed by atoms with Crippen LogP contribution in [0.15, 0.2) is 0 Å². The second-order valence-corrected chi connectivity index (χ2v) is 6.19. The molecule has 0 amide bonds. The topological polar surface area (TPSA) is 12.0 Å². The van der Waals surface area contributed by atoms with Gasteiger partial charge in [0.05, 0.1) is 0 Å². The first-order valence-electron chi connectivity index (χ1n) is 3.96. The minimum absolute atomic E-state index is 0. The molecule has 0 saturated carbocycles. The summed E-state index contributed by atoms with van der Waals surface area (Å²) < 4.78 is 3.62. The van der Waals surface area contributed by atoms with E-state index in [1.807, 2.05) is 0 Å². The number of hydrogen-bond donors (Lipinski definition) is 1. The molecular weight excluding hydrogens is 196 g/mol. The van der Waals surface area contributed by atoms with Crippen molar-refractivity contribution in [2.45, 2.75) is 44.3 Å². The van der Waals surface area contributed by atoms with Gasteiger partial charge in [0, 0.05) is 0 Å². The van der Waals surface area contributed by atoms with E-state index in [1.54, 1.807) is 0 Å². The van der Waals surface area contributed by atoms with Crippen LogP contribution >= 0.6 is 24.8 Å². The van der Waals surface area contributed by atoms with Crippen molar-refractivity contribution >= 4 is 39.2 Å². The van der Waals surface area contributed by atoms with Crippen molar-refractivity contribution in [1.82, 2.24) is 4.30 Å². The lowest BCUT2D eigenvalue weighted by atomic mass is 10.4. The maximum Gasteiger partial charge on any atom is 0.369 e. The van der Waals surface area contributed by atoms with Crippen LogP contribution < -0.4 is 4.30 Å². The predicted octanol–water partition coefficient (Wildman–Crippen LogP) is 2.86. The van der Waals surface area contributed by atoms with E-state index in [-0.39, 0.29) is 24.8 Å². The molecule has 0 rings (SSSR count). The van der Waals surface area contributed by atoms with Crippen LogP contribution in [-0.4, -0.2) is 20.4 Å². The molecule has 0 radical (unpaired) electrons. The van der Waals surface area contributed by atoms with Gasteiger partial charge >= 0.3 is 14.4 Å². The molecule has 0 aromatic rings. The lowest BCUT2D eigenvalue weighted by Crippen LogP contribution is -2.37. The van der Waals surface area contributed by atoms with Gasteiger partial charge in [0.15, 0.2) is 0 Å². The summed E-state index contributed by atoms with van der Waals surface area (Å²) in [7, 11) is 0. The molecule has 0 bridgehead atoms. The first-order chi connectivity index (χ1) is 4.20.